The highest BCUT2D eigenvalue weighted by Gasteiger charge is 2.33. The predicted molar refractivity (Wildman–Crippen MR) is 131 cm³/mol. The number of nitrogens with one attached hydrogen (secondary N) is 1. The lowest BCUT2D eigenvalue weighted by Gasteiger charge is -2.25. The quantitative estimate of drug-likeness (QED) is 0.548. The van der Waals surface area contributed by atoms with Crippen molar-refractivity contribution in [2.45, 2.75) is 25.6 Å². The number of methoxy groups -OCH3 is 2. The van der Waals surface area contributed by atoms with Gasteiger partial charge in [-0.15, -0.1) is 0 Å². The number of carbonyl (C=O) groups excluding carboxylic acids is 2. The second-order valence-electron chi connectivity index (χ2n) is 8.22. The van der Waals surface area contributed by atoms with Crippen molar-refractivity contribution in [2.75, 3.05) is 25.7 Å². The van der Waals surface area contributed by atoms with Crippen LogP contribution in [-0.2, 0) is 17.9 Å². The molecule has 7 nitrogen and oxygen atoms in total. The van der Waals surface area contributed by atoms with Gasteiger partial charge in [0.05, 0.1) is 20.3 Å². The Hall–Kier alpha value is -4.00. The average molecular weight is 460 g/mol. The third kappa shape index (κ3) is 5.49. The molecule has 34 heavy (non-hydrogen) atoms. The maximum Gasteiger partial charge on any atom is 0.318 e. The van der Waals surface area contributed by atoms with Gasteiger partial charge in [-0.2, -0.15) is 0 Å². The van der Waals surface area contributed by atoms with Gasteiger partial charge in [0.15, 0.2) is 11.5 Å². The molecule has 0 aromatic heterocycles. The van der Waals surface area contributed by atoms with Gasteiger partial charge in [-0.1, -0.05) is 60.7 Å². The van der Waals surface area contributed by atoms with Crippen molar-refractivity contribution in [3.63, 3.8) is 0 Å². The second-order valence-corrected chi connectivity index (χ2v) is 8.22. The van der Waals surface area contributed by atoms with Crippen LogP contribution in [0.5, 0.6) is 11.5 Å². The third-order valence-electron chi connectivity index (χ3n) is 5.85. The molecule has 1 fully saturated rings. The molecule has 3 aromatic carbocycles. The zero-order valence-corrected chi connectivity index (χ0v) is 19.4. The van der Waals surface area contributed by atoms with Crippen LogP contribution >= 0.6 is 0 Å². The van der Waals surface area contributed by atoms with Gasteiger partial charge in [-0.25, -0.2) is 4.79 Å². The topological polar surface area (TPSA) is 71.1 Å². The minimum absolute atomic E-state index is 0.0461. The molecule has 0 unspecified atom stereocenters. The van der Waals surface area contributed by atoms with E-state index in [9.17, 15) is 9.59 Å². The standard InChI is InChI=1S/C27H29N3O4/c1-33-24-14-13-23(16-25(24)34-2)30-19-22(15-26(30)31)28-27(32)29(17-20-9-5-3-6-10-20)18-21-11-7-4-8-12-21/h3-14,16,22H,15,17-19H2,1-2H3,(H,28,32)/t22-/m1/s1. The Bertz CT molecular complexity index is 1080. The van der Waals surface area contributed by atoms with Gasteiger partial charge in [0.1, 0.15) is 0 Å². The van der Waals surface area contributed by atoms with Crippen molar-refractivity contribution in [1.29, 1.82) is 0 Å². The lowest BCUT2D eigenvalue weighted by atomic mass is 10.1. The Balaban J connectivity index is 1.46. The van der Waals surface area contributed by atoms with Crippen LogP contribution in [0.25, 0.3) is 0 Å². The number of hydrogen-bond acceptors (Lipinski definition) is 4. The summed E-state index contributed by atoms with van der Waals surface area (Å²) in [6, 6.07) is 24.7. The highest BCUT2D eigenvalue weighted by molar-refractivity contribution is 5.97. The highest BCUT2D eigenvalue weighted by Crippen LogP contribution is 2.33. The van der Waals surface area contributed by atoms with Crippen LogP contribution in [-0.4, -0.2) is 43.6 Å². The van der Waals surface area contributed by atoms with Crippen molar-refractivity contribution < 1.29 is 19.1 Å². The fraction of sp³-hybridized carbons (Fsp3) is 0.259. The number of ether oxygens (including phenoxy) is 2. The number of nitrogens with zero attached hydrogens (tertiary/aromatic N) is 2. The summed E-state index contributed by atoms with van der Waals surface area (Å²) in [5, 5.41) is 3.07. The molecule has 3 aromatic rings. The number of carbonyl (C=O) groups is 2. The summed E-state index contributed by atoms with van der Waals surface area (Å²) in [5.41, 5.74) is 2.80. The number of anilines is 1. The Morgan fingerprint density at radius 3 is 2.06 bits per heavy atom. The van der Waals surface area contributed by atoms with E-state index >= 15 is 0 Å². The molecule has 4 rings (SSSR count). The molecule has 0 spiro atoms. The summed E-state index contributed by atoms with van der Waals surface area (Å²) in [6.45, 7) is 1.34. The first-order valence-electron chi connectivity index (χ1n) is 11.2. The third-order valence-corrected chi connectivity index (χ3v) is 5.85. The van der Waals surface area contributed by atoms with Crippen LogP contribution in [0.3, 0.4) is 0 Å². The smallest absolute Gasteiger partial charge is 0.318 e. The van der Waals surface area contributed by atoms with Gasteiger partial charge in [-0.3, -0.25) is 4.79 Å². The van der Waals surface area contributed by atoms with Crippen molar-refractivity contribution in [3.8, 4) is 11.5 Å². The summed E-state index contributed by atoms with van der Waals surface area (Å²) in [5.74, 6) is 1.10. The Labute approximate surface area is 199 Å². The van der Waals surface area contributed by atoms with Gasteiger partial charge in [-0.05, 0) is 23.3 Å². The lowest BCUT2D eigenvalue weighted by molar-refractivity contribution is -0.117. The second kappa shape index (κ2) is 10.7. The fourth-order valence-corrected chi connectivity index (χ4v) is 4.12. The Kier molecular flexibility index (Phi) is 7.32. The van der Waals surface area contributed by atoms with Crippen molar-refractivity contribution in [2.24, 2.45) is 0 Å². The van der Waals surface area contributed by atoms with Gasteiger partial charge in [0.25, 0.3) is 0 Å². The molecule has 0 aliphatic carbocycles. The van der Waals surface area contributed by atoms with Crippen molar-refractivity contribution in [3.05, 3.63) is 90.0 Å². The molecule has 1 atom stereocenters. The molecule has 0 radical (unpaired) electrons. The molecule has 1 aliphatic heterocycles. The molecule has 176 valence electrons. The number of hydrogen-bond donors (Lipinski definition) is 1. The van der Waals surface area contributed by atoms with E-state index in [0.29, 0.717) is 36.8 Å². The lowest BCUT2D eigenvalue weighted by Crippen LogP contribution is -2.45. The predicted octanol–water partition coefficient (Wildman–Crippen LogP) is 4.22. The molecule has 1 aliphatic rings. The summed E-state index contributed by atoms with van der Waals surface area (Å²) < 4.78 is 10.7. The van der Waals surface area contributed by atoms with Crippen LogP contribution in [0.2, 0.25) is 0 Å². The summed E-state index contributed by atoms with van der Waals surface area (Å²) in [7, 11) is 3.13. The van der Waals surface area contributed by atoms with E-state index in [0.717, 1.165) is 11.1 Å². The summed E-state index contributed by atoms with van der Waals surface area (Å²) in [6.07, 6.45) is 0.241. The minimum atomic E-state index is -0.290. The van der Waals surface area contributed by atoms with E-state index in [-0.39, 0.29) is 24.4 Å². The SMILES string of the molecule is COc1ccc(N2C[C@H](NC(=O)N(Cc3ccccc3)Cc3ccccc3)CC2=O)cc1OC. The maximum atomic E-state index is 13.3. The fourth-order valence-electron chi connectivity index (χ4n) is 4.12. The van der Waals surface area contributed by atoms with Gasteiger partial charge >= 0.3 is 6.03 Å². The molecule has 7 heteroatoms. The Morgan fingerprint density at radius 2 is 1.50 bits per heavy atom. The molecule has 1 N–H and O–H groups in total. The van der Waals surface area contributed by atoms with E-state index in [2.05, 4.69) is 5.32 Å². The summed E-state index contributed by atoms with van der Waals surface area (Å²) >= 11 is 0. The Morgan fingerprint density at radius 1 is 0.912 bits per heavy atom. The molecule has 0 bridgehead atoms. The number of rotatable bonds is 8. The number of urea groups is 1. The molecule has 3 amide bonds. The normalized spacial score (nSPS) is 15.2. The molecular weight excluding hydrogens is 430 g/mol. The maximum absolute atomic E-state index is 13.3. The van der Waals surface area contributed by atoms with E-state index in [1.165, 1.54) is 0 Å². The van der Waals surface area contributed by atoms with Crippen LogP contribution in [0.4, 0.5) is 10.5 Å². The first-order valence-corrected chi connectivity index (χ1v) is 11.2. The van der Waals surface area contributed by atoms with Crippen LogP contribution in [0.1, 0.15) is 17.5 Å². The van der Waals surface area contributed by atoms with Gasteiger partial charge in [0, 0.05) is 37.8 Å². The van der Waals surface area contributed by atoms with Crippen LogP contribution in [0.15, 0.2) is 78.9 Å². The molecular formula is C27H29N3O4. The average Bonchev–Trinajstić information content (AvgIpc) is 3.24. The molecule has 0 saturated carbocycles. The molecule has 1 saturated heterocycles. The van der Waals surface area contributed by atoms with E-state index in [1.807, 2.05) is 66.7 Å². The zero-order valence-electron chi connectivity index (χ0n) is 19.4. The van der Waals surface area contributed by atoms with E-state index in [1.54, 1.807) is 36.2 Å². The highest BCUT2D eigenvalue weighted by atomic mass is 16.5. The van der Waals surface area contributed by atoms with E-state index in [4.69, 9.17) is 9.47 Å². The minimum Gasteiger partial charge on any atom is -0.493 e. The first kappa shape index (κ1) is 23.2. The first-order chi connectivity index (χ1) is 16.6. The number of amides is 3. The zero-order chi connectivity index (χ0) is 23.9. The van der Waals surface area contributed by atoms with Crippen LogP contribution < -0.4 is 19.7 Å². The van der Waals surface area contributed by atoms with Crippen LogP contribution in [0, 0.1) is 0 Å². The number of benzene rings is 3. The van der Waals surface area contributed by atoms with Crippen molar-refractivity contribution >= 4 is 17.6 Å². The van der Waals surface area contributed by atoms with Gasteiger partial charge in [0.2, 0.25) is 5.91 Å². The van der Waals surface area contributed by atoms with Crippen molar-refractivity contribution in [1.82, 2.24) is 10.2 Å². The van der Waals surface area contributed by atoms with E-state index < -0.39 is 0 Å². The summed E-state index contributed by atoms with van der Waals surface area (Å²) in [4.78, 5) is 29.5. The monoisotopic (exact) mass is 459 g/mol. The molecule has 1 heterocycles. The van der Waals surface area contributed by atoms with Gasteiger partial charge < -0.3 is 24.6 Å². The largest absolute Gasteiger partial charge is 0.493 e.